The standard InChI is InChI=1S/C24H24FNO5/c1-29-20-13-22(31-3)21(30-2)11-14(20)15-12-23(28)26(17-8-5-4-7-16(17)25)18-9-6-10-19(27)24(15)18/h4-5,7-8,11,13,15H,6,9-10,12H2,1-3H3/t15-/m0/s1. The zero-order valence-electron chi connectivity index (χ0n) is 17.7. The average Bonchev–Trinajstić information content (AvgIpc) is 2.78. The zero-order chi connectivity index (χ0) is 22.1. The molecule has 0 radical (unpaired) electrons. The molecule has 2 aliphatic rings. The number of hydrogen-bond donors (Lipinski definition) is 0. The van der Waals surface area contributed by atoms with Gasteiger partial charge in [0.1, 0.15) is 11.6 Å². The number of carbonyl (C=O) groups is 2. The van der Waals surface area contributed by atoms with Crippen LogP contribution in [0.2, 0.25) is 0 Å². The lowest BCUT2D eigenvalue weighted by atomic mass is 9.76. The van der Waals surface area contributed by atoms with Gasteiger partial charge >= 0.3 is 0 Å². The van der Waals surface area contributed by atoms with E-state index < -0.39 is 11.7 Å². The highest BCUT2D eigenvalue weighted by molar-refractivity contribution is 6.07. The van der Waals surface area contributed by atoms with Crippen molar-refractivity contribution in [2.24, 2.45) is 0 Å². The number of ketones is 1. The lowest BCUT2D eigenvalue weighted by Crippen LogP contribution is -2.41. The number of ether oxygens (including phenoxy) is 3. The number of rotatable bonds is 5. The monoisotopic (exact) mass is 425 g/mol. The second-order valence-electron chi connectivity index (χ2n) is 7.52. The number of halogens is 1. The molecule has 31 heavy (non-hydrogen) atoms. The maximum absolute atomic E-state index is 14.6. The molecular weight excluding hydrogens is 401 g/mol. The summed E-state index contributed by atoms with van der Waals surface area (Å²) < 4.78 is 30.9. The van der Waals surface area contributed by atoms with Crippen molar-refractivity contribution >= 4 is 17.4 Å². The number of nitrogens with zero attached hydrogens (tertiary/aromatic N) is 1. The molecule has 0 spiro atoms. The van der Waals surface area contributed by atoms with Gasteiger partial charge in [0, 0.05) is 41.7 Å². The number of hydrogen-bond acceptors (Lipinski definition) is 5. The highest BCUT2D eigenvalue weighted by atomic mass is 19.1. The van der Waals surface area contributed by atoms with Crippen LogP contribution in [-0.4, -0.2) is 33.0 Å². The minimum atomic E-state index is -0.506. The van der Waals surface area contributed by atoms with E-state index in [4.69, 9.17) is 14.2 Å². The van der Waals surface area contributed by atoms with E-state index in [0.717, 1.165) is 0 Å². The molecule has 1 aliphatic carbocycles. The Morgan fingerprint density at radius 2 is 1.61 bits per heavy atom. The smallest absolute Gasteiger partial charge is 0.232 e. The van der Waals surface area contributed by atoms with Crippen LogP contribution in [0.5, 0.6) is 17.2 Å². The number of anilines is 1. The molecule has 2 aromatic carbocycles. The summed E-state index contributed by atoms with van der Waals surface area (Å²) in [5.41, 5.74) is 1.95. The van der Waals surface area contributed by atoms with Crippen molar-refractivity contribution in [3.05, 3.63) is 59.0 Å². The fourth-order valence-corrected chi connectivity index (χ4v) is 4.50. The summed E-state index contributed by atoms with van der Waals surface area (Å²) >= 11 is 0. The normalized spacial score (nSPS) is 18.7. The van der Waals surface area contributed by atoms with E-state index >= 15 is 0 Å². The molecule has 0 aromatic heterocycles. The third-order valence-corrected chi connectivity index (χ3v) is 5.88. The summed E-state index contributed by atoms with van der Waals surface area (Å²) in [7, 11) is 4.58. The van der Waals surface area contributed by atoms with Gasteiger partial charge in [-0.05, 0) is 31.0 Å². The molecule has 6 nitrogen and oxygen atoms in total. The maximum atomic E-state index is 14.6. The summed E-state index contributed by atoms with van der Waals surface area (Å²) in [6, 6.07) is 9.58. The molecule has 0 unspecified atom stereocenters. The van der Waals surface area contributed by atoms with Crippen LogP contribution in [0.1, 0.15) is 37.2 Å². The van der Waals surface area contributed by atoms with Crippen LogP contribution < -0.4 is 19.1 Å². The first-order chi connectivity index (χ1) is 15.0. The molecule has 1 amide bonds. The number of benzene rings is 2. The minimum absolute atomic E-state index is 0.0186. The second kappa shape index (κ2) is 8.41. The van der Waals surface area contributed by atoms with Gasteiger partial charge in [0.25, 0.3) is 0 Å². The Morgan fingerprint density at radius 3 is 2.29 bits per heavy atom. The minimum Gasteiger partial charge on any atom is -0.496 e. The number of Topliss-reactive ketones (excluding diaryl/α,β-unsaturated/α-hetero) is 1. The van der Waals surface area contributed by atoms with Crippen molar-refractivity contribution in [1.29, 1.82) is 0 Å². The van der Waals surface area contributed by atoms with Gasteiger partial charge in [0.05, 0.1) is 27.0 Å². The summed E-state index contributed by atoms with van der Waals surface area (Å²) in [5, 5.41) is 0. The van der Waals surface area contributed by atoms with Crippen molar-refractivity contribution in [1.82, 2.24) is 0 Å². The molecule has 0 N–H and O–H groups in total. The Balaban J connectivity index is 1.92. The number of amides is 1. The number of methoxy groups -OCH3 is 3. The van der Waals surface area contributed by atoms with Crippen LogP contribution in [-0.2, 0) is 9.59 Å². The molecule has 1 aliphatic heterocycles. The van der Waals surface area contributed by atoms with E-state index in [9.17, 15) is 14.0 Å². The highest BCUT2D eigenvalue weighted by Gasteiger charge is 2.41. The van der Waals surface area contributed by atoms with E-state index in [2.05, 4.69) is 0 Å². The molecule has 0 bridgehead atoms. The topological polar surface area (TPSA) is 65.1 Å². The Morgan fingerprint density at radius 1 is 0.935 bits per heavy atom. The van der Waals surface area contributed by atoms with Crippen molar-refractivity contribution in [2.75, 3.05) is 26.2 Å². The third-order valence-electron chi connectivity index (χ3n) is 5.88. The van der Waals surface area contributed by atoms with E-state index in [1.165, 1.54) is 32.3 Å². The van der Waals surface area contributed by atoms with Crippen molar-refractivity contribution in [3.63, 3.8) is 0 Å². The van der Waals surface area contributed by atoms with Crippen molar-refractivity contribution in [3.8, 4) is 17.2 Å². The first kappa shape index (κ1) is 20.9. The number of para-hydroxylation sites is 1. The van der Waals surface area contributed by atoms with Crippen molar-refractivity contribution < 1.29 is 28.2 Å². The quantitative estimate of drug-likeness (QED) is 0.711. The van der Waals surface area contributed by atoms with Crippen LogP contribution in [0.4, 0.5) is 10.1 Å². The zero-order valence-corrected chi connectivity index (χ0v) is 17.7. The first-order valence-corrected chi connectivity index (χ1v) is 10.1. The SMILES string of the molecule is COc1cc(OC)c([C@@H]2CC(=O)N(c3ccccc3F)C3=C2C(=O)CCC3)cc1OC. The lowest BCUT2D eigenvalue weighted by molar-refractivity contribution is -0.120. The van der Waals surface area contributed by atoms with Crippen LogP contribution >= 0.6 is 0 Å². The third kappa shape index (κ3) is 3.54. The van der Waals surface area contributed by atoms with Gasteiger partial charge in [-0.3, -0.25) is 14.5 Å². The first-order valence-electron chi connectivity index (χ1n) is 10.1. The average molecular weight is 425 g/mol. The molecule has 1 heterocycles. The summed E-state index contributed by atoms with van der Waals surface area (Å²) in [6.45, 7) is 0. The number of carbonyl (C=O) groups excluding carboxylic acids is 2. The molecule has 0 saturated carbocycles. The van der Waals surface area contributed by atoms with Gasteiger partial charge in [-0.1, -0.05) is 12.1 Å². The fraction of sp³-hybridized carbons (Fsp3) is 0.333. The molecule has 0 fully saturated rings. The molecule has 1 atom stereocenters. The van der Waals surface area contributed by atoms with Gasteiger partial charge in [-0.2, -0.15) is 0 Å². The van der Waals surface area contributed by atoms with Gasteiger partial charge in [0.2, 0.25) is 5.91 Å². The molecule has 7 heteroatoms. The Bertz CT molecular complexity index is 1080. The van der Waals surface area contributed by atoms with E-state index in [1.807, 2.05) is 0 Å². The Kier molecular flexibility index (Phi) is 5.67. The van der Waals surface area contributed by atoms with Crippen molar-refractivity contribution in [2.45, 2.75) is 31.6 Å². The maximum Gasteiger partial charge on any atom is 0.232 e. The van der Waals surface area contributed by atoms with Gasteiger partial charge in [-0.15, -0.1) is 0 Å². The van der Waals surface area contributed by atoms with Crippen LogP contribution in [0.15, 0.2) is 47.7 Å². The van der Waals surface area contributed by atoms with Crippen LogP contribution in [0.25, 0.3) is 0 Å². The Labute approximate surface area is 180 Å². The van der Waals surface area contributed by atoms with E-state index in [-0.39, 0.29) is 23.8 Å². The highest BCUT2D eigenvalue weighted by Crippen LogP contribution is 2.48. The van der Waals surface area contributed by atoms with Gasteiger partial charge in [0.15, 0.2) is 17.3 Å². The van der Waals surface area contributed by atoms with E-state index in [0.29, 0.717) is 53.3 Å². The van der Waals surface area contributed by atoms with Gasteiger partial charge < -0.3 is 14.2 Å². The number of allylic oxidation sites excluding steroid dienone is 2. The summed E-state index contributed by atoms with van der Waals surface area (Å²) in [6.07, 6.45) is 1.55. The molecule has 4 rings (SSSR count). The van der Waals surface area contributed by atoms with Crippen LogP contribution in [0.3, 0.4) is 0 Å². The lowest BCUT2D eigenvalue weighted by Gasteiger charge is -2.38. The largest absolute Gasteiger partial charge is 0.496 e. The molecule has 2 aromatic rings. The fourth-order valence-electron chi connectivity index (χ4n) is 4.50. The summed E-state index contributed by atoms with van der Waals surface area (Å²) in [4.78, 5) is 27.7. The second-order valence-corrected chi connectivity index (χ2v) is 7.52. The molecule has 0 saturated heterocycles. The summed E-state index contributed by atoms with van der Waals surface area (Å²) in [5.74, 6) is 0.170. The predicted molar refractivity (Wildman–Crippen MR) is 113 cm³/mol. The van der Waals surface area contributed by atoms with E-state index in [1.54, 1.807) is 30.3 Å². The molecular formula is C24H24FNO5. The predicted octanol–water partition coefficient (Wildman–Crippen LogP) is 4.38. The van der Waals surface area contributed by atoms with Crippen LogP contribution in [0, 0.1) is 5.82 Å². The molecule has 162 valence electrons. The Hall–Kier alpha value is -3.35. The van der Waals surface area contributed by atoms with Gasteiger partial charge in [-0.25, -0.2) is 4.39 Å².